The zero-order chi connectivity index (χ0) is 28.3. The van der Waals surface area contributed by atoms with E-state index in [1.54, 1.807) is 36.4 Å². The minimum Gasteiger partial charge on any atom is -0.493 e. The summed E-state index contributed by atoms with van der Waals surface area (Å²) < 4.78 is 12.0. The normalized spacial score (nSPS) is 14.2. The van der Waals surface area contributed by atoms with Crippen LogP contribution in [0, 0.1) is 13.8 Å². The van der Waals surface area contributed by atoms with Crippen LogP contribution in [-0.4, -0.2) is 35.6 Å². The second-order valence-electron chi connectivity index (χ2n) is 8.64. The number of hydrogen-bond donors (Lipinski definition) is 1. The lowest BCUT2D eigenvalue weighted by molar-refractivity contribution is -0.127. The van der Waals surface area contributed by atoms with Crippen molar-refractivity contribution in [1.29, 1.82) is 0 Å². The topological polar surface area (TPSA) is 84.9 Å². The van der Waals surface area contributed by atoms with E-state index in [4.69, 9.17) is 32.7 Å². The van der Waals surface area contributed by atoms with Gasteiger partial charge in [-0.05, 0) is 88.6 Å². The van der Waals surface area contributed by atoms with Gasteiger partial charge in [0.15, 0.2) is 11.5 Å². The number of ether oxygens (including phenoxy) is 2. The monoisotopic (exact) mass is 648 g/mol. The molecule has 0 atom stereocenters. The van der Waals surface area contributed by atoms with Gasteiger partial charge in [0.1, 0.15) is 13.2 Å². The summed E-state index contributed by atoms with van der Waals surface area (Å²) in [6, 6.07) is 14.2. The maximum atomic E-state index is 13.0. The summed E-state index contributed by atoms with van der Waals surface area (Å²) >= 11 is 16.5. The number of benzene rings is 3. The van der Waals surface area contributed by atoms with Crippen molar-refractivity contribution in [3.63, 3.8) is 0 Å². The average molecular weight is 650 g/mol. The van der Waals surface area contributed by atoms with Gasteiger partial charge in [-0.2, -0.15) is 0 Å². The molecule has 1 heterocycles. The Labute approximate surface area is 248 Å². The van der Waals surface area contributed by atoms with Crippen LogP contribution < -0.4 is 14.8 Å². The number of imide groups is 1. The highest BCUT2D eigenvalue weighted by Gasteiger charge is 2.36. The number of halogens is 3. The van der Waals surface area contributed by atoms with Crippen LogP contribution in [0.5, 0.6) is 11.5 Å². The molecule has 4 rings (SSSR count). The Bertz CT molecular complexity index is 1490. The summed E-state index contributed by atoms with van der Waals surface area (Å²) in [5.74, 6) is -0.151. The van der Waals surface area contributed by atoms with Crippen LogP contribution in [0.15, 0.2) is 57.9 Å². The van der Waals surface area contributed by atoms with E-state index < -0.39 is 17.1 Å². The number of hydrogen-bond acceptors (Lipinski definition) is 6. The predicted molar refractivity (Wildman–Crippen MR) is 159 cm³/mol. The third kappa shape index (κ3) is 6.78. The number of nitrogens with one attached hydrogen (secondary N) is 1. The molecule has 0 bridgehead atoms. The van der Waals surface area contributed by atoms with E-state index in [2.05, 4.69) is 21.2 Å². The number of nitrogens with zero attached hydrogens (tertiary/aromatic N) is 1. The molecule has 1 saturated heterocycles. The Morgan fingerprint density at radius 1 is 1.10 bits per heavy atom. The van der Waals surface area contributed by atoms with E-state index in [1.807, 2.05) is 32.0 Å². The van der Waals surface area contributed by atoms with E-state index in [0.29, 0.717) is 37.3 Å². The van der Waals surface area contributed by atoms with Crippen molar-refractivity contribution in [3.05, 3.63) is 90.2 Å². The lowest BCUT2D eigenvalue weighted by Crippen LogP contribution is -2.36. The summed E-state index contributed by atoms with van der Waals surface area (Å²) in [5.41, 5.74) is 3.79. The second-order valence-corrected chi connectivity index (χ2v) is 11.3. The number of rotatable bonds is 8. The molecular weight excluding hydrogens is 627 g/mol. The number of thioether (sulfide) groups is 1. The minimum atomic E-state index is -0.547. The van der Waals surface area contributed by atoms with Gasteiger partial charge in [0.2, 0.25) is 5.91 Å². The van der Waals surface area contributed by atoms with Gasteiger partial charge in [-0.25, -0.2) is 0 Å². The van der Waals surface area contributed by atoms with Crippen LogP contribution in [0.2, 0.25) is 10.0 Å². The summed E-state index contributed by atoms with van der Waals surface area (Å²) in [6.45, 7) is 3.54. The van der Waals surface area contributed by atoms with Crippen LogP contribution in [0.4, 0.5) is 10.5 Å². The molecule has 39 heavy (non-hydrogen) atoms. The first-order valence-electron chi connectivity index (χ1n) is 11.6. The van der Waals surface area contributed by atoms with Gasteiger partial charge in [0.25, 0.3) is 11.1 Å². The van der Waals surface area contributed by atoms with Gasteiger partial charge in [-0.3, -0.25) is 19.3 Å². The van der Waals surface area contributed by atoms with Gasteiger partial charge in [-0.15, -0.1) is 0 Å². The maximum Gasteiger partial charge on any atom is 0.294 e. The van der Waals surface area contributed by atoms with Crippen molar-refractivity contribution < 1.29 is 23.9 Å². The highest BCUT2D eigenvalue weighted by molar-refractivity contribution is 9.10. The van der Waals surface area contributed by atoms with Crippen LogP contribution in [0.3, 0.4) is 0 Å². The quantitative estimate of drug-likeness (QED) is 0.253. The van der Waals surface area contributed by atoms with Gasteiger partial charge in [-0.1, -0.05) is 47.5 Å². The maximum absolute atomic E-state index is 13.0. The fourth-order valence-electron chi connectivity index (χ4n) is 3.87. The van der Waals surface area contributed by atoms with Gasteiger partial charge < -0.3 is 14.8 Å². The van der Waals surface area contributed by atoms with Crippen molar-refractivity contribution in [3.8, 4) is 11.5 Å². The van der Waals surface area contributed by atoms with Gasteiger partial charge in [0.05, 0.1) is 16.5 Å². The molecule has 0 aliphatic carbocycles. The number of carbonyl (C=O) groups excluding carboxylic acids is 3. The molecule has 11 heteroatoms. The lowest BCUT2D eigenvalue weighted by Gasteiger charge is -2.15. The molecule has 1 aliphatic heterocycles. The first-order chi connectivity index (χ1) is 18.6. The van der Waals surface area contributed by atoms with Crippen molar-refractivity contribution >= 4 is 79.7 Å². The number of anilines is 1. The molecule has 202 valence electrons. The molecule has 1 aliphatic rings. The predicted octanol–water partition coefficient (Wildman–Crippen LogP) is 7.64. The molecular formula is C28H23BrCl2N2O5S. The number of carbonyl (C=O) groups is 3. The smallest absolute Gasteiger partial charge is 0.294 e. The zero-order valence-electron chi connectivity index (χ0n) is 21.1. The molecule has 0 aromatic heterocycles. The first-order valence-corrected chi connectivity index (χ1v) is 14.0. The van der Waals surface area contributed by atoms with E-state index >= 15 is 0 Å². The Morgan fingerprint density at radius 3 is 2.49 bits per heavy atom. The van der Waals surface area contributed by atoms with Crippen LogP contribution in [0.25, 0.3) is 6.08 Å². The molecule has 0 radical (unpaired) electrons. The second kappa shape index (κ2) is 12.5. The third-order valence-electron chi connectivity index (χ3n) is 5.86. The Balaban J connectivity index is 1.49. The Hall–Kier alpha value is -2.98. The molecule has 3 aromatic rings. The highest BCUT2D eigenvalue weighted by Crippen LogP contribution is 2.40. The van der Waals surface area contributed by atoms with Gasteiger partial charge >= 0.3 is 0 Å². The van der Waals surface area contributed by atoms with Crippen LogP contribution in [0.1, 0.15) is 22.3 Å². The van der Waals surface area contributed by atoms with Gasteiger partial charge in [0, 0.05) is 21.3 Å². The highest BCUT2D eigenvalue weighted by atomic mass is 79.9. The van der Waals surface area contributed by atoms with Crippen LogP contribution >= 0.6 is 50.9 Å². The summed E-state index contributed by atoms with van der Waals surface area (Å²) in [5, 5.41) is 3.29. The van der Waals surface area contributed by atoms with Crippen LogP contribution in [-0.2, 0) is 16.2 Å². The molecule has 1 N–H and O–H groups in total. The minimum absolute atomic E-state index is 0.174. The van der Waals surface area contributed by atoms with Crippen molar-refractivity contribution in [2.24, 2.45) is 0 Å². The van der Waals surface area contributed by atoms with E-state index in [1.165, 1.54) is 7.11 Å². The zero-order valence-corrected chi connectivity index (χ0v) is 25.1. The first kappa shape index (κ1) is 29.0. The molecule has 1 fully saturated rings. The largest absolute Gasteiger partial charge is 0.493 e. The molecule has 3 amide bonds. The fraction of sp³-hybridized carbons (Fsp3) is 0.179. The summed E-state index contributed by atoms with van der Waals surface area (Å²) in [4.78, 5) is 39.4. The lowest BCUT2D eigenvalue weighted by atomic mass is 10.1. The number of aryl methyl sites for hydroxylation is 2. The third-order valence-corrected chi connectivity index (χ3v) is 7.94. The number of para-hydroxylation sites is 1. The number of methoxy groups -OCH3 is 1. The molecule has 0 saturated carbocycles. The van der Waals surface area contributed by atoms with Crippen molar-refractivity contribution in [2.75, 3.05) is 19.0 Å². The van der Waals surface area contributed by atoms with E-state index in [9.17, 15) is 14.4 Å². The molecule has 0 unspecified atom stereocenters. The molecule has 0 spiro atoms. The summed E-state index contributed by atoms with van der Waals surface area (Å²) in [6.07, 6.45) is 1.57. The summed E-state index contributed by atoms with van der Waals surface area (Å²) in [7, 11) is 1.50. The fourth-order valence-corrected chi connectivity index (χ4v) is 5.75. The van der Waals surface area contributed by atoms with E-state index in [0.717, 1.165) is 33.4 Å². The Kier molecular flexibility index (Phi) is 9.27. The average Bonchev–Trinajstić information content (AvgIpc) is 3.13. The Morgan fingerprint density at radius 2 is 1.82 bits per heavy atom. The number of amides is 3. The molecule has 7 nitrogen and oxygen atoms in total. The SMILES string of the molecule is COc1cc(/C=C2/SC(=O)N(CC(=O)Nc3c(C)cccc3C)C2=O)cc(Br)c1OCc1ccc(Cl)cc1Cl. The van der Waals surface area contributed by atoms with E-state index in [-0.39, 0.29) is 18.1 Å². The standard InChI is InChI=1S/C28H23BrCl2N2O5S/c1-15-5-4-6-16(2)25(15)32-24(34)13-33-27(35)23(39-28(33)36)11-17-9-20(29)26(22(10-17)37-3)38-14-18-7-8-19(30)12-21(18)31/h4-12H,13-14H2,1-3H3,(H,32,34)/b23-11+. The van der Waals surface area contributed by atoms with Crippen molar-refractivity contribution in [1.82, 2.24) is 4.90 Å². The van der Waals surface area contributed by atoms with Crippen molar-refractivity contribution in [2.45, 2.75) is 20.5 Å². The molecule has 3 aromatic carbocycles.